The fraction of sp³-hybridized carbons (Fsp3) is 0.593. The zero-order valence-corrected chi connectivity index (χ0v) is 22.7. The molecule has 1 atom stereocenters. The molecule has 0 amide bonds. The highest BCUT2D eigenvalue weighted by atomic mass is 35.5. The van der Waals surface area contributed by atoms with Crippen molar-refractivity contribution in [2.24, 2.45) is 5.92 Å². The topological polar surface area (TPSA) is 65.6 Å². The molecule has 1 aliphatic carbocycles. The molecule has 0 radical (unpaired) electrons. The lowest BCUT2D eigenvalue weighted by molar-refractivity contribution is 0.122. The Morgan fingerprint density at radius 1 is 1.08 bits per heavy atom. The van der Waals surface area contributed by atoms with E-state index in [-0.39, 0.29) is 5.41 Å². The summed E-state index contributed by atoms with van der Waals surface area (Å²) in [5.74, 6) is 3.11. The number of anilines is 3. The fourth-order valence-electron chi connectivity index (χ4n) is 5.82. The summed E-state index contributed by atoms with van der Waals surface area (Å²) in [6, 6.07) is 10.4. The Kier molecular flexibility index (Phi) is 8.13. The molecule has 9 heteroatoms. The highest BCUT2D eigenvalue weighted by molar-refractivity contribution is 7.80. The summed E-state index contributed by atoms with van der Waals surface area (Å²) in [5.41, 5.74) is 1.33. The SMILES string of the molecule is C[C@@H]1CCCN(c2cc(N3CCOCC3)nc(NC(=S)NCC3(c4cccc(Cl)c4)CCCC3)n2)C1. The largest absolute Gasteiger partial charge is 0.378 e. The van der Waals surface area contributed by atoms with E-state index in [1.165, 1.54) is 31.2 Å². The highest BCUT2D eigenvalue weighted by Crippen LogP contribution is 2.41. The summed E-state index contributed by atoms with van der Waals surface area (Å²) >= 11 is 12.1. The molecule has 3 heterocycles. The van der Waals surface area contributed by atoms with Crippen molar-refractivity contribution in [3.8, 4) is 0 Å². The van der Waals surface area contributed by atoms with Gasteiger partial charge in [-0.2, -0.15) is 9.97 Å². The van der Waals surface area contributed by atoms with Gasteiger partial charge in [-0.15, -0.1) is 0 Å². The van der Waals surface area contributed by atoms with Crippen LogP contribution >= 0.6 is 23.8 Å². The molecule has 7 nitrogen and oxygen atoms in total. The first-order valence-corrected chi connectivity index (χ1v) is 14.1. The third-order valence-corrected chi connectivity index (χ3v) is 8.31. The molecule has 1 aromatic heterocycles. The molecule has 0 bridgehead atoms. The second-order valence-electron chi connectivity index (χ2n) is 10.5. The van der Waals surface area contributed by atoms with Gasteiger partial charge < -0.3 is 25.2 Å². The van der Waals surface area contributed by atoms with Gasteiger partial charge in [0, 0.05) is 49.2 Å². The molecule has 5 rings (SSSR count). The van der Waals surface area contributed by atoms with E-state index in [0.29, 0.717) is 30.2 Å². The lowest BCUT2D eigenvalue weighted by atomic mass is 9.79. The number of rotatable bonds is 6. The van der Waals surface area contributed by atoms with Gasteiger partial charge in [0.15, 0.2) is 5.11 Å². The highest BCUT2D eigenvalue weighted by Gasteiger charge is 2.36. The molecule has 194 valence electrons. The van der Waals surface area contributed by atoms with Crippen LogP contribution in [0.25, 0.3) is 0 Å². The summed E-state index contributed by atoms with van der Waals surface area (Å²) < 4.78 is 5.56. The van der Waals surface area contributed by atoms with Crippen LogP contribution in [0.4, 0.5) is 17.6 Å². The van der Waals surface area contributed by atoms with Crippen LogP contribution in [0.5, 0.6) is 0 Å². The van der Waals surface area contributed by atoms with Gasteiger partial charge in [-0.3, -0.25) is 0 Å². The van der Waals surface area contributed by atoms with Crippen LogP contribution in [-0.4, -0.2) is 61.0 Å². The van der Waals surface area contributed by atoms with Crippen LogP contribution in [-0.2, 0) is 10.2 Å². The number of hydrogen-bond acceptors (Lipinski definition) is 6. The van der Waals surface area contributed by atoms with E-state index in [1.807, 2.05) is 12.1 Å². The van der Waals surface area contributed by atoms with Gasteiger partial charge in [-0.1, -0.05) is 43.5 Å². The van der Waals surface area contributed by atoms with E-state index >= 15 is 0 Å². The molecule has 1 saturated carbocycles. The summed E-state index contributed by atoms with van der Waals surface area (Å²) in [6.45, 7) is 8.21. The Morgan fingerprint density at radius 2 is 1.83 bits per heavy atom. The Hall–Kier alpha value is -2.16. The van der Waals surface area contributed by atoms with E-state index in [1.54, 1.807) is 0 Å². The summed E-state index contributed by atoms with van der Waals surface area (Å²) in [4.78, 5) is 14.4. The normalized spacial score (nSPS) is 21.9. The molecule has 3 aliphatic rings. The smallest absolute Gasteiger partial charge is 0.232 e. The minimum absolute atomic E-state index is 0.0439. The number of halogens is 1. The number of nitrogens with one attached hydrogen (secondary N) is 2. The van der Waals surface area contributed by atoms with Crippen molar-refractivity contribution in [3.63, 3.8) is 0 Å². The van der Waals surface area contributed by atoms with Crippen LogP contribution < -0.4 is 20.4 Å². The van der Waals surface area contributed by atoms with Crippen molar-refractivity contribution >= 4 is 46.5 Å². The standard InChI is InChI=1S/C27H37ClN6OS/c1-20-6-5-11-34(18-20)24-17-23(33-12-14-35-15-13-33)30-25(31-24)32-26(36)29-19-27(9-2-3-10-27)21-7-4-8-22(28)16-21/h4,7-8,16-17,20H,2-3,5-6,9-15,18-19H2,1H3,(H2,29,30,31,32,36)/t20-/m1/s1. The van der Waals surface area contributed by atoms with E-state index in [9.17, 15) is 0 Å². The van der Waals surface area contributed by atoms with E-state index in [2.05, 4.69) is 45.6 Å². The van der Waals surface area contributed by atoms with Crippen molar-refractivity contribution in [1.29, 1.82) is 0 Å². The van der Waals surface area contributed by atoms with Crippen molar-refractivity contribution in [2.75, 3.05) is 61.1 Å². The second-order valence-corrected chi connectivity index (χ2v) is 11.4. The number of morpholine rings is 1. The number of thiocarbonyl (C=S) groups is 1. The quantitative estimate of drug-likeness (QED) is 0.508. The number of nitrogens with zero attached hydrogens (tertiary/aromatic N) is 4. The number of aromatic nitrogens is 2. The first-order chi connectivity index (χ1) is 17.5. The van der Waals surface area contributed by atoms with Crippen molar-refractivity contribution in [2.45, 2.75) is 50.9 Å². The van der Waals surface area contributed by atoms with Gasteiger partial charge in [0.1, 0.15) is 11.6 Å². The van der Waals surface area contributed by atoms with Gasteiger partial charge in [0.05, 0.1) is 13.2 Å². The van der Waals surface area contributed by atoms with E-state index < -0.39 is 0 Å². The number of ether oxygens (including phenoxy) is 1. The predicted octanol–water partition coefficient (Wildman–Crippen LogP) is 5.00. The molecule has 1 aromatic carbocycles. The van der Waals surface area contributed by atoms with Crippen LogP contribution in [0.2, 0.25) is 5.02 Å². The lowest BCUT2D eigenvalue weighted by Crippen LogP contribution is -2.41. The second kappa shape index (κ2) is 11.5. The Labute approximate surface area is 225 Å². The monoisotopic (exact) mass is 528 g/mol. The Morgan fingerprint density at radius 3 is 2.56 bits per heavy atom. The molecule has 2 N–H and O–H groups in total. The van der Waals surface area contributed by atoms with Gasteiger partial charge in [-0.25, -0.2) is 0 Å². The van der Waals surface area contributed by atoms with Gasteiger partial charge >= 0.3 is 0 Å². The molecule has 2 aromatic rings. The minimum Gasteiger partial charge on any atom is -0.378 e. The number of benzene rings is 1. The van der Waals surface area contributed by atoms with Crippen molar-refractivity contribution < 1.29 is 4.74 Å². The zero-order chi connectivity index (χ0) is 25.0. The zero-order valence-electron chi connectivity index (χ0n) is 21.1. The molecule has 2 aliphatic heterocycles. The molecule has 0 unspecified atom stereocenters. The molecule has 3 fully saturated rings. The van der Waals surface area contributed by atoms with E-state index in [4.69, 9.17) is 38.5 Å². The van der Waals surface area contributed by atoms with Crippen LogP contribution in [0.15, 0.2) is 30.3 Å². The number of piperidine rings is 1. The maximum Gasteiger partial charge on any atom is 0.232 e. The summed E-state index contributed by atoms with van der Waals surface area (Å²) in [5, 5.41) is 8.13. The molecule has 36 heavy (non-hydrogen) atoms. The summed E-state index contributed by atoms with van der Waals surface area (Å²) in [7, 11) is 0. The van der Waals surface area contributed by atoms with Crippen molar-refractivity contribution in [1.82, 2.24) is 15.3 Å². The maximum atomic E-state index is 6.33. The van der Waals surface area contributed by atoms with Crippen LogP contribution in [0.3, 0.4) is 0 Å². The average molecular weight is 529 g/mol. The predicted molar refractivity (Wildman–Crippen MR) is 151 cm³/mol. The van der Waals surface area contributed by atoms with Crippen LogP contribution in [0.1, 0.15) is 51.0 Å². The maximum absolute atomic E-state index is 6.33. The molecule has 2 saturated heterocycles. The Balaban J connectivity index is 1.32. The first-order valence-electron chi connectivity index (χ1n) is 13.3. The molecular weight excluding hydrogens is 492 g/mol. The average Bonchev–Trinajstić information content (AvgIpc) is 3.38. The van der Waals surface area contributed by atoms with Crippen molar-refractivity contribution in [3.05, 3.63) is 40.9 Å². The minimum atomic E-state index is 0.0439. The van der Waals surface area contributed by atoms with Gasteiger partial charge in [0.25, 0.3) is 0 Å². The van der Waals surface area contributed by atoms with Crippen LogP contribution in [0, 0.1) is 5.92 Å². The third kappa shape index (κ3) is 6.03. The molecular formula is C27H37ClN6OS. The fourth-order valence-corrected chi connectivity index (χ4v) is 6.18. The molecule has 0 spiro atoms. The first kappa shape index (κ1) is 25.5. The van der Waals surface area contributed by atoms with Gasteiger partial charge in [-0.05, 0) is 61.5 Å². The number of hydrogen-bond donors (Lipinski definition) is 2. The summed E-state index contributed by atoms with van der Waals surface area (Å²) in [6.07, 6.45) is 7.15. The Bertz CT molecular complexity index is 1060. The lowest BCUT2D eigenvalue weighted by Gasteiger charge is -2.33. The van der Waals surface area contributed by atoms with E-state index in [0.717, 1.165) is 62.2 Å². The third-order valence-electron chi connectivity index (χ3n) is 7.83. The van der Waals surface area contributed by atoms with Gasteiger partial charge in [0.2, 0.25) is 5.95 Å².